The molecule has 1 fully saturated rings. The van der Waals surface area contributed by atoms with Crippen LogP contribution in [0.1, 0.15) is 36.7 Å². The lowest BCUT2D eigenvalue weighted by atomic mass is 10.0. The number of H-pyrrole nitrogens is 1. The number of nitro groups is 1. The number of nitrogens with zero attached hydrogens (tertiary/aromatic N) is 4. The average molecular weight is 287 g/mol. The number of benzene rings is 1. The van der Waals surface area contributed by atoms with Gasteiger partial charge in [0.2, 0.25) is 0 Å². The van der Waals surface area contributed by atoms with Crippen LogP contribution in [-0.2, 0) is 6.54 Å². The monoisotopic (exact) mass is 287 g/mol. The van der Waals surface area contributed by atoms with Crippen molar-refractivity contribution in [3.8, 4) is 0 Å². The van der Waals surface area contributed by atoms with Crippen molar-refractivity contribution in [3.63, 3.8) is 0 Å². The Labute approximate surface area is 122 Å². The van der Waals surface area contributed by atoms with E-state index in [1.54, 1.807) is 12.1 Å². The van der Waals surface area contributed by atoms with Crippen molar-refractivity contribution in [2.75, 3.05) is 6.54 Å². The summed E-state index contributed by atoms with van der Waals surface area (Å²) >= 11 is 0. The summed E-state index contributed by atoms with van der Waals surface area (Å²) in [5, 5.41) is 17.7. The second-order valence-corrected chi connectivity index (χ2v) is 5.28. The number of likely N-dealkylation sites (tertiary alicyclic amines) is 1. The summed E-state index contributed by atoms with van der Waals surface area (Å²) in [6.07, 6.45) is 4.86. The van der Waals surface area contributed by atoms with Crippen molar-refractivity contribution < 1.29 is 4.92 Å². The summed E-state index contributed by atoms with van der Waals surface area (Å²) in [5.74, 6) is 0.875. The SMILES string of the molecule is O=[N+]([O-])c1cccc(CN2CCCCC2c2ncn[nH]2)c1. The highest BCUT2D eigenvalue weighted by Gasteiger charge is 2.26. The van der Waals surface area contributed by atoms with E-state index in [1.807, 2.05) is 6.07 Å². The van der Waals surface area contributed by atoms with Gasteiger partial charge in [-0.1, -0.05) is 18.6 Å². The Balaban J connectivity index is 1.78. The van der Waals surface area contributed by atoms with Crippen molar-refractivity contribution in [2.45, 2.75) is 31.8 Å². The van der Waals surface area contributed by atoms with Gasteiger partial charge in [0.1, 0.15) is 12.2 Å². The number of hydrogen-bond acceptors (Lipinski definition) is 5. The zero-order valence-electron chi connectivity index (χ0n) is 11.6. The molecule has 0 aliphatic carbocycles. The van der Waals surface area contributed by atoms with Gasteiger partial charge < -0.3 is 0 Å². The Morgan fingerprint density at radius 2 is 2.33 bits per heavy atom. The van der Waals surface area contributed by atoms with Crippen LogP contribution in [0.3, 0.4) is 0 Å². The molecule has 3 rings (SSSR count). The van der Waals surface area contributed by atoms with Crippen LogP contribution in [0.15, 0.2) is 30.6 Å². The number of aromatic amines is 1. The minimum absolute atomic E-state index is 0.140. The van der Waals surface area contributed by atoms with Crippen molar-refractivity contribution in [1.29, 1.82) is 0 Å². The number of nitrogens with one attached hydrogen (secondary N) is 1. The summed E-state index contributed by atoms with van der Waals surface area (Å²) in [6, 6.07) is 7.04. The second-order valence-electron chi connectivity index (χ2n) is 5.28. The van der Waals surface area contributed by atoms with Crippen LogP contribution in [-0.4, -0.2) is 31.5 Å². The van der Waals surface area contributed by atoms with Gasteiger partial charge in [-0.3, -0.25) is 20.1 Å². The van der Waals surface area contributed by atoms with Crippen molar-refractivity contribution >= 4 is 5.69 Å². The smallest absolute Gasteiger partial charge is 0.269 e. The van der Waals surface area contributed by atoms with Gasteiger partial charge >= 0.3 is 0 Å². The number of nitro benzene ring substituents is 1. The second kappa shape index (κ2) is 6.01. The van der Waals surface area contributed by atoms with Crippen LogP contribution in [0.4, 0.5) is 5.69 Å². The highest BCUT2D eigenvalue weighted by Crippen LogP contribution is 2.30. The van der Waals surface area contributed by atoms with Crippen LogP contribution in [0, 0.1) is 10.1 Å². The predicted molar refractivity (Wildman–Crippen MR) is 76.5 cm³/mol. The number of non-ortho nitro benzene ring substituents is 1. The molecular formula is C14H17N5O2. The first-order chi connectivity index (χ1) is 10.2. The third-order valence-corrected chi connectivity index (χ3v) is 3.87. The van der Waals surface area contributed by atoms with Crippen LogP contribution in [0.2, 0.25) is 0 Å². The van der Waals surface area contributed by atoms with Gasteiger partial charge in [0.25, 0.3) is 5.69 Å². The van der Waals surface area contributed by atoms with E-state index in [4.69, 9.17) is 0 Å². The molecule has 1 aromatic heterocycles. The van der Waals surface area contributed by atoms with E-state index in [1.165, 1.54) is 12.4 Å². The quantitative estimate of drug-likeness (QED) is 0.689. The summed E-state index contributed by atoms with van der Waals surface area (Å²) in [6.45, 7) is 1.65. The van der Waals surface area contributed by atoms with Gasteiger partial charge in [0, 0.05) is 18.7 Å². The Hall–Kier alpha value is -2.28. The molecule has 0 amide bonds. The topological polar surface area (TPSA) is 87.9 Å². The fraction of sp³-hybridized carbons (Fsp3) is 0.429. The molecule has 21 heavy (non-hydrogen) atoms. The van der Waals surface area contributed by atoms with Gasteiger partial charge in [-0.25, -0.2) is 4.98 Å². The largest absolute Gasteiger partial charge is 0.289 e. The lowest BCUT2D eigenvalue weighted by molar-refractivity contribution is -0.384. The molecule has 110 valence electrons. The maximum absolute atomic E-state index is 10.9. The molecule has 1 saturated heterocycles. The maximum Gasteiger partial charge on any atom is 0.269 e. The van der Waals surface area contributed by atoms with Gasteiger partial charge in [-0.15, -0.1) is 0 Å². The summed E-state index contributed by atoms with van der Waals surface area (Å²) in [4.78, 5) is 17.1. The first-order valence-corrected chi connectivity index (χ1v) is 7.06. The third-order valence-electron chi connectivity index (χ3n) is 3.87. The molecule has 2 heterocycles. The van der Waals surface area contributed by atoms with Crippen molar-refractivity contribution in [2.24, 2.45) is 0 Å². The van der Waals surface area contributed by atoms with Crippen molar-refractivity contribution in [3.05, 3.63) is 52.1 Å². The highest BCUT2D eigenvalue weighted by atomic mass is 16.6. The molecule has 1 aliphatic rings. The van der Waals surface area contributed by atoms with Crippen molar-refractivity contribution in [1.82, 2.24) is 20.1 Å². The van der Waals surface area contributed by atoms with Gasteiger partial charge in [-0.2, -0.15) is 5.10 Å². The fourth-order valence-corrected chi connectivity index (χ4v) is 2.87. The third kappa shape index (κ3) is 3.08. The number of piperidine rings is 1. The molecule has 7 heteroatoms. The molecule has 0 saturated carbocycles. The zero-order chi connectivity index (χ0) is 14.7. The molecule has 1 aliphatic heterocycles. The van der Waals surface area contributed by atoms with E-state index in [0.717, 1.165) is 37.2 Å². The molecule has 1 unspecified atom stereocenters. The van der Waals surface area contributed by atoms with Gasteiger partial charge in [-0.05, 0) is 24.9 Å². The lowest BCUT2D eigenvalue weighted by Gasteiger charge is -2.34. The molecule has 0 radical (unpaired) electrons. The summed E-state index contributed by atoms with van der Waals surface area (Å²) in [7, 11) is 0. The fourth-order valence-electron chi connectivity index (χ4n) is 2.87. The van der Waals surface area contributed by atoms with E-state index < -0.39 is 0 Å². The average Bonchev–Trinajstić information content (AvgIpc) is 3.02. The van der Waals surface area contributed by atoms with E-state index in [9.17, 15) is 10.1 Å². The molecule has 0 bridgehead atoms. The number of aromatic nitrogens is 3. The first kappa shape index (κ1) is 13.7. The molecule has 2 aromatic rings. The molecule has 1 N–H and O–H groups in total. The Bertz CT molecular complexity index is 614. The Morgan fingerprint density at radius 1 is 1.43 bits per heavy atom. The Morgan fingerprint density at radius 3 is 3.10 bits per heavy atom. The van der Waals surface area contributed by atoms with Crippen LogP contribution >= 0.6 is 0 Å². The highest BCUT2D eigenvalue weighted by molar-refractivity contribution is 5.34. The van der Waals surface area contributed by atoms with Gasteiger partial charge in [0.15, 0.2) is 0 Å². The molecule has 1 aromatic carbocycles. The van der Waals surface area contributed by atoms with E-state index in [-0.39, 0.29) is 16.7 Å². The van der Waals surface area contributed by atoms with Crippen LogP contribution in [0.25, 0.3) is 0 Å². The number of hydrogen-bond donors (Lipinski definition) is 1. The van der Waals surface area contributed by atoms with Crippen LogP contribution in [0.5, 0.6) is 0 Å². The molecule has 0 spiro atoms. The van der Waals surface area contributed by atoms with E-state index in [0.29, 0.717) is 6.54 Å². The predicted octanol–water partition coefficient (Wildman–Crippen LogP) is 2.44. The van der Waals surface area contributed by atoms with E-state index >= 15 is 0 Å². The minimum atomic E-state index is -0.354. The summed E-state index contributed by atoms with van der Waals surface area (Å²) in [5.41, 5.74) is 1.09. The van der Waals surface area contributed by atoms with Crippen LogP contribution < -0.4 is 0 Å². The summed E-state index contributed by atoms with van der Waals surface area (Å²) < 4.78 is 0. The standard InChI is InChI=1S/C14H17N5O2/c20-19(21)12-5-3-4-11(8-12)9-18-7-2-1-6-13(18)14-15-10-16-17-14/h3-5,8,10,13H,1-2,6-7,9H2,(H,15,16,17). The van der Waals surface area contributed by atoms with Gasteiger partial charge in [0.05, 0.1) is 11.0 Å². The minimum Gasteiger partial charge on any atom is -0.289 e. The molecular weight excluding hydrogens is 270 g/mol. The van der Waals surface area contributed by atoms with E-state index in [2.05, 4.69) is 20.1 Å². The molecule has 1 atom stereocenters. The zero-order valence-corrected chi connectivity index (χ0v) is 11.6. The normalized spacial score (nSPS) is 19.5. The lowest BCUT2D eigenvalue weighted by Crippen LogP contribution is -2.33. The Kier molecular flexibility index (Phi) is 3.92. The first-order valence-electron chi connectivity index (χ1n) is 7.06. The number of rotatable bonds is 4. The maximum atomic E-state index is 10.9. The molecule has 7 nitrogen and oxygen atoms in total.